The Bertz CT molecular complexity index is 1310. The van der Waals surface area contributed by atoms with E-state index in [-0.39, 0.29) is 18.1 Å². The third kappa shape index (κ3) is 4.11. The molecular weight excluding hydrogens is 508 g/mol. The number of aromatic nitrogens is 3. The molecule has 1 aromatic carbocycles. The van der Waals surface area contributed by atoms with Crippen LogP contribution in [0.25, 0.3) is 16.9 Å². The van der Waals surface area contributed by atoms with Gasteiger partial charge in [-0.05, 0) is 42.7 Å². The Morgan fingerprint density at radius 1 is 1.20 bits per heavy atom. The number of aliphatic imine (C=N–C) groups is 1. The van der Waals surface area contributed by atoms with Gasteiger partial charge >= 0.3 is 5.97 Å². The molecule has 8 heteroatoms. The Labute approximate surface area is 212 Å². The van der Waals surface area contributed by atoms with Gasteiger partial charge in [0.05, 0.1) is 5.41 Å². The molecule has 0 radical (unpaired) electrons. The quantitative estimate of drug-likeness (QED) is 0.432. The summed E-state index contributed by atoms with van der Waals surface area (Å²) < 4.78 is 2.06. The fourth-order valence-corrected chi connectivity index (χ4v) is 6.43. The lowest BCUT2D eigenvalue weighted by molar-refractivity contribution is -0.138. The van der Waals surface area contributed by atoms with Crippen LogP contribution in [0, 0.1) is 5.41 Å². The normalized spacial score (nSPS) is 21.5. The fourth-order valence-electron chi connectivity index (χ4n) is 5.44. The molecule has 0 amide bonds. The van der Waals surface area contributed by atoms with Crippen LogP contribution in [0.5, 0.6) is 0 Å². The molecule has 2 saturated carbocycles. The van der Waals surface area contributed by atoms with Gasteiger partial charge in [0.25, 0.3) is 0 Å². The summed E-state index contributed by atoms with van der Waals surface area (Å²) in [7, 11) is 0. The zero-order valence-electron chi connectivity index (χ0n) is 19.9. The van der Waals surface area contributed by atoms with Crippen molar-refractivity contribution in [3.05, 3.63) is 54.0 Å². The van der Waals surface area contributed by atoms with Gasteiger partial charge in [0.1, 0.15) is 16.2 Å². The third-order valence-corrected chi connectivity index (χ3v) is 8.15. The largest absolute Gasteiger partial charge is 0.480 e. The molecule has 2 fully saturated rings. The van der Waals surface area contributed by atoms with Crippen LogP contribution in [-0.4, -0.2) is 48.0 Å². The molecule has 2 aliphatic rings. The number of fused-ring (bicyclic) bond motifs is 1. The van der Waals surface area contributed by atoms with Crippen molar-refractivity contribution in [1.29, 1.82) is 0 Å². The van der Waals surface area contributed by atoms with Crippen molar-refractivity contribution in [2.24, 2.45) is 10.4 Å². The highest BCUT2D eigenvalue weighted by Gasteiger charge is 2.58. The lowest BCUT2D eigenvalue weighted by Crippen LogP contribution is -2.61. The number of Topliss-reactive ketones (excluding diaryl/α,β-unsaturated/α-hetero) is 1. The number of rotatable bonds is 6. The van der Waals surface area contributed by atoms with E-state index >= 15 is 0 Å². The van der Waals surface area contributed by atoms with E-state index < -0.39 is 22.3 Å². The first-order valence-electron chi connectivity index (χ1n) is 12.2. The number of halogens is 1. The fraction of sp³-hybridized carbons (Fsp3) is 0.444. The van der Waals surface area contributed by atoms with E-state index in [2.05, 4.69) is 44.3 Å². The number of alkyl halides is 1. The minimum Gasteiger partial charge on any atom is -0.480 e. The molecular formula is C27H29BrN4O3. The number of hydrogen-bond acceptors (Lipinski definition) is 5. The number of carboxylic acid groups (broad SMARTS) is 1. The Balaban J connectivity index is 1.42. The van der Waals surface area contributed by atoms with Gasteiger partial charge < -0.3 is 5.11 Å². The Morgan fingerprint density at radius 3 is 2.57 bits per heavy atom. The number of nitrogens with zero attached hydrogens (tertiary/aromatic N) is 4. The van der Waals surface area contributed by atoms with Crippen molar-refractivity contribution < 1.29 is 14.7 Å². The lowest BCUT2D eigenvalue weighted by atomic mass is 9.58. The van der Waals surface area contributed by atoms with Crippen molar-refractivity contribution in [3.63, 3.8) is 0 Å². The number of carbonyl (C=O) groups excluding carboxylic acids is 1. The summed E-state index contributed by atoms with van der Waals surface area (Å²) in [6.45, 7) is 4.20. The second-order valence-electron chi connectivity index (χ2n) is 9.91. The maximum atomic E-state index is 12.7. The van der Waals surface area contributed by atoms with Gasteiger partial charge in [-0.1, -0.05) is 61.2 Å². The minimum absolute atomic E-state index is 0.159. The lowest BCUT2D eigenvalue weighted by Gasteiger charge is -2.47. The molecule has 5 rings (SSSR count). The average Bonchev–Trinajstić information content (AvgIpc) is 3.27. The van der Waals surface area contributed by atoms with E-state index in [1.54, 1.807) is 6.20 Å². The standard InChI is InChI=1S/C27H29BrN4O3/c1-16(2)24-31-19-7-6-14-29-25(19)32(24)18-10-8-17(9-11-18)15-20(26(34)35)30-22-21(28)23(33)27(22)12-4-3-5-13-27/h6-11,14,16,20-21H,3-5,12-13,15H2,1-2H3,(H,34,35)/t20-,21?/m0/s1. The number of benzene rings is 1. The molecule has 0 bridgehead atoms. The van der Waals surface area contributed by atoms with Crippen molar-refractivity contribution >= 4 is 44.6 Å². The van der Waals surface area contributed by atoms with Crippen molar-refractivity contribution in [1.82, 2.24) is 14.5 Å². The van der Waals surface area contributed by atoms with Crippen LogP contribution in [0.3, 0.4) is 0 Å². The van der Waals surface area contributed by atoms with Crippen LogP contribution < -0.4 is 0 Å². The predicted molar refractivity (Wildman–Crippen MR) is 139 cm³/mol. The molecule has 2 aromatic heterocycles. The van der Waals surface area contributed by atoms with E-state index in [0.29, 0.717) is 0 Å². The highest BCUT2D eigenvalue weighted by molar-refractivity contribution is 9.10. The SMILES string of the molecule is CC(C)c1nc2cccnc2n1-c1ccc(C[C@H](N=C2C(Br)C(=O)C23CCCCC3)C(=O)O)cc1. The van der Waals surface area contributed by atoms with Gasteiger partial charge in [0, 0.05) is 29.9 Å². The first-order valence-corrected chi connectivity index (χ1v) is 13.2. The van der Waals surface area contributed by atoms with E-state index in [0.717, 1.165) is 66.1 Å². The Kier molecular flexibility index (Phi) is 6.34. The first-order chi connectivity index (χ1) is 16.8. The molecule has 0 aliphatic heterocycles. The number of imidazole rings is 1. The summed E-state index contributed by atoms with van der Waals surface area (Å²) in [5.41, 5.74) is 3.63. The molecule has 1 N–H and O–H groups in total. The zero-order valence-corrected chi connectivity index (χ0v) is 21.5. The molecule has 1 unspecified atom stereocenters. The minimum atomic E-state index is -0.974. The summed E-state index contributed by atoms with van der Waals surface area (Å²) in [5.74, 6) is 0.327. The third-order valence-electron chi connectivity index (χ3n) is 7.30. The van der Waals surface area contributed by atoms with Gasteiger partial charge in [-0.2, -0.15) is 0 Å². The molecule has 35 heavy (non-hydrogen) atoms. The summed E-state index contributed by atoms with van der Waals surface area (Å²) >= 11 is 3.45. The number of ketones is 1. The van der Waals surface area contributed by atoms with Crippen LogP contribution in [0.2, 0.25) is 0 Å². The maximum absolute atomic E-state index is 12.7. The second-order valence-corrected chi connectivity index (χ2v) is 10.8. The Hall–Kier alpha value is -2.87. The number of pyridine rings is 1. The average molecular weight is 537 g/mol. The molecule has 2 aliphatic carbocycles. The zero-order chi connectivity index (χ0) is 24.7. The molecule has 2 heterocycles. The van der Waals surface area contributed by atoms with Crippen LogP contribution in [-0.2, 0) is 16.0 Å². The maximum Gasteiger partial charge on any atom is 0.328 e. The predicted octanol–water partition coefficient (Wildman–Crippen LogP) is 5.28. The molecule has 0 saturated heterocycles. The van der Waals surface area contributed by atoms with Gasteiger partial charge in [0.15, 0.2) is 17.5 Å². The van der Waals surface area contributed by atoms with Crippen LogP contribution in [0.15, 0.2) is 47.6 Å². The first kappa shape index (κ1) is 23.9. The molecule has 3 aromatic rings. The number of carboxylic acids is 1. The summed E-state index contributed by atoms with van der Waals surface area (Å²) in [6, 6.07) is 10.8. The van der Waals surface area contributed by atoms with Crippen LogP contribution >= 0.6 is 15.9 Å². The molecule has 7 nitrogen and oxygen atoms in total. The summed E-state index contributed by atoms with van der Waals surface area (Å²) in [6.07, 6.45) is 6.67. The highest BCUT2D eigenvalue weighted by Crippen LogP contribution is 2.49. The van der Waals surface area contributed by atoms with Crippen molar-refractivity contribution in [2.45, 2.75) is 69.2 Å². The topological polar surface area (TPSA) is 97.4 Å². The molecule has 1 spiro atoms. The number of carbonyl (C=O) groups is 2. The van der Waals surface area contributed by atoms with Gasteiger partial charge in [0.2, 0.25) is 0 Å². The smallest absolute Gasteiger partial charge is 0.328 e. The highest BCUT2D eigenvalue weighted by atomic mass is 79.9. The van der Waals surface area contributed by atoms with Crippen LogP contribution in [0.4, 0.5) is 0 Å². The van der Waals surface area contributed by atoms with Gasteiger partial charge in [-0.3, -0.25) is 14.4 Å². The van der Waals surface area contributed by atoms with Crippen molar-refractivity contribution in [2.75, 3.05) is 0 Å². The molecule has 2 atom stereocenters. The monoisotopic (exact) mass is 536 g/mol. The summed E-state index contributed by atoms with van der Waals surface area (Å²) in [5, 5.41) is 9.93. The van der Waals surface area contributed by atoms with Crippen LogP contribution in [0.1, 0.15) is 63.3 Å². The van der Waals surface area contributed by atoms with Gasteiger partial charge in [-0.25, -0.2) is 14.8 Å². The number of hydrogen-bond donors (Lipinski definition) is 1. The van der Waals surface area contributed by atoms with E-state index in [1.165, 1.54) is 0 Å². The Morgan fingerprint density at radius 2 is 1.91 bits per heavy atom. The number of aliphatic carboxylic acids is 1. The van der Waals surface area contributed by atoms with E-state index in [9.17, 15) is 14.7 Å². The van der Waals surface area contributed by atoms with Crippen molar-refractivity contribution in [3.8, 4) is 5.69 Å². The second kappa shape index (κ2) is 9.30. The summed E-state index contributed by atoms with van der Waals surface area (Å²) in [4.78, 5) is 38.3. The van der Waals surface area contributed by atoms with Gasteiger partial charge in [-0.15, -0.1) is 0 Å². The molecule has 182 valence electrons. The van der Waals surface area contributed by atoms with E-state index in [4.69, 9.17) is 4.98 Å². The van der Waals surface area contributed by atoms with E-state index in [1.807, 2.05) is 36.4 Å².